The quantitative estimate of drug-likeness (QED) is 0.209. The van der Waals surface area contributed by atoms with Crippen molar-refractivity contribution in [3.05, 3.63) is 83.8 Å². The van der Waals surface area contributed by atoms with Crippen LogP contribution in [0.3, 0.4) is 0 Å². The summed E-state index contributed by atoms with van der Waals surface area (Å²) in [5, 5.41) is 1.07. The van der Waals surface area contributed by atoms with E-state index in [1.165, 1.54) is 16.7 Å². The monoisotopic (exact) mass is 498 g/mol. The van der Waals surface area contributed by atoms with Crippen LogP contribution in [0.25, 0.3) is 22.3 Å². The second kappa shape index (κ2) is 9.92. The van der Waals surface area contributed by atoms with Crippen molar-refractivity contribution >= 4 is 19.1 Å². The van der Waals surface area contributed by atoms with Gasteiger partial charge < -0.3 is 14.2 Å². The highest BCUT2D eigenvalue weighted by atomic mass is 28.3. The zero-order chi connectivity index (χ0) is 25.3. The molecular formula is C30H38N4OSi. The summed E-state index contributed by atoms with van der Waals surface area (Å²) in [6, 6.07) is 21.2. The zero-order valence-electron chi connectivity index (χ0n) is 22.3. The predicted molar refractivity (Wildman–Crippen MR) is 151 cm³/mol. The van der Waals surface area contributed by atoms with E-state index < -0.39 is 8.07 Å². The molecule has 0 spiro atoms. The first kappa shape index (κ1) is 24.9. The Morgan fingerprint density at radius 3 is 2.42 bits per heavy atom. The lowest BCUT2D eigenvalue weighted by atomic mass is 9.76. The molecule has 1 aliphatic carbocycles. The van der Waals surface area contributed by atoms with Gasteiger partial charge in [-0.15, -0.1) is 0 Å². The smallest absolute Gasteiger partial charge is 0.145 e. The SMILES string of the molecule is CN(C)CC1(c2cccc(-c3ncnc4c3ccn4COCC[Si](C)(C)C)c2)Cc2ccccc2C1. The molecule has 0 saturated heterocycles. The molecule has 2 aromatic carbocycles. The second-order valence-electron chi connectivity index (χ2n) is 11.8. The maximum absolute atomic E-state index is 6.01. The molecule has 5 nitrogen and oxygen atoms in total. The Hall–Kier alpha value is -2.80. The van der Waals surface area contributed by atoms with Crippen LogP contribution in [0.2, 0.25) is 25.7 Å². The average Bonchev–Trinajstić information content (AvgIpc) is 3.42. The summed E-state index contributed by atoms with van der Waals surface area (Å²) in [6.45, 7) is 9.46. The number of hydrogen-bond acceptors (Lipinski definition) is 4. The van der Waals surface area contributed by atoms with Gasteiger partial charge in [0.1, 0.15) is 18.7 Å². The van der Waals surface area contributed by atoms with Gasteiger partial charge in [0.05, 0.1) is 5.69 Å². The first-order valence-corrected chi connectivity index (χ1v) is 16.6. The van der Waals surface area contributed by atoms with Crippen LogP contribution in [-0.4, -0.2) is 54.8 Å². The minimum absolute atomic E-state index is 0.0610. The van der Waals surface area contributed by atoms with Crippen molar-refractivity contribution in [2.75, 3.05) is 27.2 Å². The van der Waals surface area contributed by atoms with Crippen LogP contribution in [0.5, 0.6) is 0 Å². The van der Waals surface area contributed by atoms with Gasteiger partial charge in [-0.1, -0.05) is 62.1 Å². The molecule has 2 heterocycles. The van der Waals surface area contributed by atoms with E-state index in [2.05, 4.69) is 109 Å². The maximum Gasteiger partial charge on any atom is 0.145 e. The topological polar surface area (TPSA) is 43.2 Å². The van der Waals surface area contributed by atoms with Gasteiger partial charge in [-0.25, -0.2) is 9.97 Å². The Labute approximate surface area is 216 Å². The van der Waals surface area contributed by atoms with Crippen LogP contribution < -0.4 is 0 Å². The highest BCUT2D eigenvalue weighted by Gasteiger charge is 2.39. The van der Waals surface area contributed by atoms with Gasteiger partial charge in [-0.05, 0) is 61.8 Å². The van der Waals surface area contributed by atoms with Gasteiger partial charge in [0, 0.05) is 43.8 Å². The molecule has 0 N–H and O–H groups in total. The molecule has 0 amide bonds. The molecule has 0 aliphatic heterocycles. The zero-order valence-corrected chi connectivity index (χ0v) is 23.3. The Morgan fingerprint density at radius 2 is 1.72 bits per heavy atom. The van der Waals surface area contributed by atoms with E-state index in [1.54, 1.807) is 6.33 Å². The lowest BCUT2D eigenvalue weighted by Crippen LogP contribution is -2.38. The first-order valence-electron chi connectivity index (χ1n) is 12.9. The van der Waals surface area contributed by atoms with E-state index >= 15 is 0 Å². The van der Waals surface area contributed by atoms with Crippen LogP contribution in [0, 0.1) is 0 Å². The molecule has 0 unspecified atom stereocenters. The second-order valence-corrected chi connectivity index (χ2v) is 17.4. The standard InChI is InChI=1S/C30H38N4OSi/c1-33(2)20-30(18-24-9-6-7-10-25(24)19-30)26-12-8-11-23(17-26)28-27-13-14-34(29(27)32-21-31-28)22-35-15-16-36(3,4)5/h6-14,17,21H,15-16,18-20,22H2,1-5H3. The van der Waals surface area contributed by atoms with E-state index in [0.717, 1.165) is 54.3 Å². The maximum atomic E-state index is 6.01. The van der Waals surface area contributed by atoms with E-state index in [-0.39, 0.29) is 5.41 Å². The van der Waals surface area contributed by atoms with Crippen molar-refractivity contribution in [1.29, 1.82) is 0 Å². The van der Waals surface area contributed by atoms with Crippen molar-refractivity contribution in [1.82, 2.24) is 19.4 Å². The Kier molecular flexibility index (Phi) is 6.86. The van der Waals surface area contributed by atoms with Crippen LogP contribution in [0.15, 0.2) is 67.1 Å². The number of nitrogens with zero attached hydrogens (tertiary/aromatic N) is 4. The van der Waals surface area contributed by atoms with Gasteiger partial charge in [0.2, 0.25) is 0 Å². The van der Waals surface area contributed by atoms with Gasteiger partial charge in [-0.2, -0.15) is 0 Å². The van der Waals surface area contributed by atoms with Crippen LogP contribution in [-0.2, 0) is 29.7 Å². The third kappa shape index (κ3) is 5.17. The number of benzene rings is 2. The van der Waals surface area contributed by atoms with Crippen molar-refractivity contribution in [2.24, 2.45) is 0 Å². The molecule has 2 aromatic heterocycles. The van der Waals surface area contributed by atoms with E-state index in [0.29, 0.717) is 6.73 Å². The summed E-state index contributed by atoms with van der Waals surface area (Å²) in [6.07, 6.45) is 5.89. The summed E-state index contributed by atoms with van der Waals surface area (Å²) in [5.74, 6) is 0. The Morgan fingerprint density at radius 1 is 0.972 bits per heavy atom. The van der Waals surface area contributed by atoms with Crippen molar-refractivity contribution in [3.63, 3.8) is 0 Å². The van der Waals surface area contributed by atoms with Crippen LogP contribution in [0.4, 0.5) is 0 Å². The number of ether oxygens (including phenoxy) is 1. The molecule has 6 heteroatoms. The Balaban J connectivity index is 1.45. The molecule has 0 saturated carbocycles. The van der Waals surface area contributed by atoms with E-state index in [9.17, 15) is 0 Å². The molecule has 36 heavy (non-hydrogen) atoms. The summed E-state index contributed by atoms with van der Waals surface area (Å²) >= 11 is 0. The summed E-state index contributed by atoms with van der Waals surface area (Å²) < 4.78 is 8.10. The van der Waals surface area contributed by atoms with Crippen LogP contribution >= 0.6 is 0 Å². The highest BCUT2D eigenvalue weighted by molar-refractivity contribution is 6.76. The van der Waals surface area contributed by atoms with Crippen molar-refractivity contribution < 1.29 is 4.74 Å². The highest BCUT2D eigenvalue weighted by Crippen LogP contribution is 2.41. The normalized spacial score (nSPS) is 15.1. The van der Waals surface area contributed by atoms with E-state index in [1.807, 2.05) is 0 Å². The molecule has 0 fully saturated rings. The fourth-order valence-corrected chi connectivity index (χ4v) is 6.34. The minimum atomic E-state index is -1.10. The number of rotatable bonds is 9. The van der Waals surface area contributed by atoms with Gasteiger partial charge in [-0.3, -0.25) is 0 Å². The third-order valence-corrected chi connectivity index (χ3v) is 9.03. The molecule has 188 valence electrons. The molecule has 4 aromatic rings. The largest absolute Gasteiger partial charge is 0.361 e. The van der Waals surface area contributed by atoms with Crippen molar-refractivity contribution in [3.8, 4) is 11.3 Å². The predicted octanol–water partition coefficient (Wildman–Crippen LogP) is 6.01. The molecular weight excluding hydrogens is 460 g/mol. The van der Waals surface area contributed by atoms with Crippen molar-refractivity contribution in [2.45, 2.75) is 50.7 Å². The summed E-state index contributed by atoms with van der Waals surface area (Å²) in [4.78, 5) is 11.7. The fourth-order valence-electron chi connectivity index (χ4n) is 5.58. The van der Waals surface area contributed by atoms with Gasteiger partial charge in [0.25, 0.3) is 0 Å². The van der Waals surface area contributed by atoms with Gasteiger partial charge >= 0.3 is 0 Å². The fraction of sp³-hybridized carbons (Fsp3) is 0.400. The third-order valence-electron chi connectivity index (χ3n) is 7.33. The average molecular weight is 499 g/mol. The number of likely N-dealkylation sites (N-methyl/N-ethyl adjacent to an activating group) is 1. The lowest BCUT2D eigenvalue weighted by molar-refractivity contribution is 0.0899. The van der Waals surface area contributed by atoms with Crippen LogP contribution in [0.1, 0.15) is 16.7 Å². The van der Waals surface area contributed by atoms with E-state index in [4.69, 9.17) is 9.72 Å². The summed E-state index contributed by atoms with van der Waals surface area (Å²) in [7, 11) is 3.25. The first-order chi connectivity index (χ1) is 17.2. The molecule has 1 aliphatic rings. The summed E-state index contributed by atoms with van der Waals surface area (Å²) in [5.41, 5.74) is 7.44. The minimum Gasteiger partial charge on any atom is -0.361 e. The molecule has 5 rings (SSSR count). The Bertz CT molecular complexity index is 1330. The van der Waals surface area contributed by atoms with Gasteiger partial charge in [0.15, 0.2) is 0 Å². The number of hydrogen-bond donors (Lipinski definition) is 0. The molecule has 0 atom stereocenters. The number of aromatic nitrogens is 3. The molecule has 0 bridgehead atoms. The lowest BCUT2D eigenvalue weighted by Gasteiger charge is -2.33. The number of fused-ring (bicyclic) bond motifs is 2. The molecule has 0 radical (unpaired) electrons.